The van der Waals surface area contributed by atoms with E-state index in [0.29, 0.717) is 33.6 Å². The molecule has 0 atom stereocenters. The highest BCUT2D eigenvalue weighted by Gasteiger charge is 2.19. The molecule has 0 spiro atoms. The maximum absolute atomic E-state index is 14.6. The van der Waals surface area contributed by atoms with Crippen LogP contribution in [0.15, 0.2) is 82.7 Å². The zero-order valence-electron chi connectivity index (χ0n) is 18.1. The number of nitrogens with zero attached hydrogens (tertiary/aromatic N) is 5. The molecule has 0 saturated carbocycles. The summed E-state index contributed by atoms with van der Waals surface area (Å²) >= 11 is 1.40. The first-order chi connectivity index (χ1) is 16.0. The summed E-state index contributed by atoms with van der Waals surface area (Å²) < 4.78 is 18.0. The van der Waals surface area contributed by atoms with Gasteiger partial charge in [-0.1, -0.05) is 47.7 Å². The Balaban J connectivity index is 1.55. The SMILES string of the molecule is Cc1ccc(-n2c(SCc3cc(=O)n4c(C)cccc4n3)nnc2-c2ccccc2F)cc1. The molecule has 0 amide bonds. The molecular weight excluding hydrogens is 437 g/mol. The molecule has 0 aliphatic carbocycles. The zero-order chi connectivity index (χ0) is 22.9. The van der Waals surface area contributed by atoms with Crippen molar-refractivity contribution in [1.29, 1.82) is 0 Å². The summed E-state index contributed by atoms with van der Waals surface area (Å²) in [6.45, 7) is 3.88. The molecule has 8 heteroatoms. The van der Waals surface area contributed by atoms with Crippen LogP contribution in [-0.2, 0) is 5.75 Å². The van der Waals surface area contributed by atoms with Gasteiger partial charge in [-0.2, -0.15) is 0 Å². The Kier molecular flexibility index (Phi) is 5.51. The summed E-state index contributed by atoms with van der Waals surface area (Å²) in [4.78, 5) is 17.2. The van der Waals surface area contributed by atoms with Crippen LogP contribution in [-0.4, -0.2) is 24.1 Å². The molecule has 2 aromatic carbocycles. The molecule has 0 N–H and O–H groups in total. The van der Waals surface area contributed by atoms with Crippen molar-refractivity contribution in [3.05, 3.63) is 106 Å². The fourth-order valence-corrected chi connectivity index (χ4v) is 4.53. The third kappa shape index (κ3) is 4.05. The van der Waals surface area contributed by atoms with E-state index in [2.05, 4.69) is 15.2 Å². The fourth-order valence-electron chi connectivity index (χ4n) is 3.68. The van der Waals surface area contributed by atoms with Crippen LogP contribution in [0.25, 0.3) is 22.7 Å². The second-order valence-electron chi connectivity index (χ2n) is 7.69. The predicted molar refractivity (Wildman–Crippen MR) is 127 cm³/mol. The highest BCUT2D eigenvalue weighted by molar-refractivity contribution is 7.98. The van der Waals surface area contributed by atoms with Gasteiger partial charge in [0.1, 0.15) is 11.5 Å². The van der Waals surface area contributed by atoms with Gasteiger partial charge < -0.3 is 0 Å². The molecule has 0 fully saturated rings. The molecule has 0 bridgehead atoms. The van der Waals surface area contributed by atoms with Gasteiger partial charge in [0.05, 0.1) is 11.3 Å². The minimum atomic E-state index is -0.366. The van der Waals surface area contributed by atoms with E-state index in [4.69, 9.17) is 0 Å². The Morgan fingerprint density at radius 1 is 0.939 bits per heavy atom. The van der Waals surface area contributed by atoms with Crippen LogP contribution < -0.4 is 5.56 Å². The van der Waals surface area contributed by atoms with Crippen molar-refractivity contribution in [3.8, 4) is 17.1 Å². The second kappa shape index (κ2) is 8.63. The Bertz CT molecular complexity index is 1520. The van der Waals surface area contributed by atoms with E-state index < -0.39 is 0 Å². The maximum Gasteiger partial charge on any atom is 0.258 e. The molecule has 5 aromatic rings. The van der Waals surface area contributed by atoms with Crippen molar-refractivity contribution in [2.24, 2.45) is 0 Å². The van der Waals surface area contributed by atoms with Crippen molar-refractivity contribution >= 4 is 17.4 Å². The average Bonchev–Trinajstić information content (AvgIpc) is 3.22. The smallest absolute Gasteiger partial charge is 0.258 e. The molecule has 3 aromatic heterocycles. The van der Waals surface area contributed by atoms with Gasteiger partial charge in [-0.15, -0.1) is 10.2 Å². The monoisotopic (exact) mass is 457 g/mol. The molecule has 33 heavy (non-hydrogen) atoms. The zero-order valence-corrected chi connectivity index (χ0v) is 18.9. The van der Waals surface area contributed by atoms with Crippen LogP contribution in [0, 0.1) is 19.7 Å². The quantitative estimate of drug-likeness (QED) is 0.348. The molecule has 5 rings (SSSR count). The number of fused-ring (bicyclic) bond motifs is 1. The number of thioether (sulfide) groups is 1. The first kappa shape index (κ1) is 21.1. The van der Waals surface area contributed by atoms with E-state index in [0.717, 1.165) is 16.9 Å². The molecular formula is C25H20FN5OS. The Hall–Kier alpha value is -3.78. The number of pyridine rings is 1. The van der Waals surface area contributed by atoms with Gasteiger partial charge in [-0.25, -0.2) is 9.37 Å². The summed E-state index contributed by atoms with van der Waals surface area (Å²) in [6, 6.07) is 21.5. The van der Waals surface area contributed by atoms with Crippen LogP contribution >= 0.6 is 11.8 Å². The summed E-state index contributed by atoms with van der Waals surface area (Å²) in [5.41, 5.74) is 4.26. The number of rotatable bonds is 5. The van der Waals surface area contributed by atoms with E-state index in [-0.39, 0.29) is 11.4 Å². The van der Waals surface area contributed by atoms with E-state index in [1.807, 2.05) is 60.9 Å². The predicted octanol–water partition coefficient (Wildman–Crippen LogP) is 4.99. The van der Waals surface area contributed by atoms with Crippen molar-refractivity contribution in [2.45, 2.75) is 24.8 Å². The van der Waals surface area contributed by atoms with E-state index in [1.54, 1.807) is 22.6 Å². The molecule has 3 heterocycles. The van der Waals surface area contributed by atoms with Gasteiger partial charge in [-0.3, -0.25) is 13.8 Å². The molecule has 6 nitrogen and oxygen atoms in total. The third-order valence-electron chi connectivity index (χ3n) is 5.32. The number of hydrogen-bond donors (Lipinski definition) is 0. The first-order valence-corrected chi connectivity index (χ1v) is 11.4. The highest BCUT2D eigenvalue weighted by Crippen LogP contribution is 2.30. The van der Waals surface area contributed by atoms with Crippen LogP contribution in [0.3, 0.4) is 0 Å². The van der Waals surface area contributed by atoms with Crippen molar-refractivity contribution in [1.82, 2.24) is 24.1 Å². The minimum absolute atomic E-state index is 0.124. The van der Waals surface area contributed by atoms with Gasteiger partial charge in [-0.05, 0) is 50.2 Å². The Labute approximate surface area is 193 Å². The van der Waals surface area contributed by atoms with Crippen molar-refractivity contribution < 1.29 is 4.39 Å². The van der Waals surface area contributed by atoms with Crippen LogP contribution in [0.4, 0.5) is 4.39 Å². The van der Waals surface area contributed by atoms with Gasteiger partial charge in [0.2, 0.25) is 0 Å². The summed E-state index contributed by atoms with van der Waals surface area (Å²) in [7, 11) is 0. The van der Waals surface area contributed by atoms with E-state index in [9.17, 15) is 9.18 Å². The lowest BCUT2D eigenvalue weighted by Gasteiger charge is -2.11. The van der Waals surface area contributed by atoms with E-state index >= 15 is 0 Å². The third-order valence-corrected chi connectivity index (χ3v) is 6.29. The largest absolute Gasteiger partial charge is 0.270 e. The topological polar surface area (TPSA) is 65.1 Å². The maximum atomic E-state index is 14.6. The molecule has 164 valence electrons. The van der Waals surface area contributed by atoms with Crippen molar-refractivity contribution in [2.75, 3.05) is 0 Å². The Morgan fingerprint density at radius 2 is 1.73 bits per heavy atom. The first-order valence-electron chi connectivity index (χ1n) is 10.4. The van der Waals surface area contributed by atoms with Crippen molar-refractivity contribution in [3.63, 3.8) is 0 Å². The van der Waals surface area contributed by atoms with E-state index in [1.165, 1.54) is 23.9 Å². The lowest BCUT2D eigenvalue weighted by molar-refractivity contribution is 0.629. The molecule has 0 radical (unpaired) electrons. The van der Waals surface area contributed by atoms with Crippen LogP contribution in [0.5, 0.6) is 0 Å². The number of hydrogen-bond acceptors (Lipinski definition) is 5. The number of benzene rings is 2. The second-order valence-corrected chi connectivity index (χ2v) is 8.63. The van der Waals surface area contributed by atoms with Gasteiger partial charge in [0.25, 0.3) is 5.56 Å². The lowest BCUT2D eigenvalue weighted by Crippen LogP contribution is -2.17. The van der Waals surface area contributed by atoms with Gasteiger partial charge in [0.15, 0.2) is 11.0 Å². The molecule has 0 unspecified atom stereocenters. The Morgan fingerprint density at radius 3 is 2.52 bits per heavy atom. The molecule has 0 saturated heterocycles. The summed E-state index contributed by atoms with van der Waals surface area (Å²) in [6.07, 6.45) is 0. The summed E-state index contributed by atoms with van der Waals surface area (Å²) in [5.74, 6) is 0.469. The van der Waals surface area contributed by atoms with Gasteiger partial charge >= 0.3 is 0 Å². The number of aryl methyl sites for hydroxylation is 2. The standard InChI is InChI=1S/C25H20FN5OS/c1-16-10-12-19(13-11-16)31-24(20-7-3-4-8-21(20)26)28-29-25(31)33-15-18-14-23(32)30-17(2)6-5-9-22(30)27-18/h3-14H,15H2,1-2H3. The summed E-state index contributed by atoms with van der Waals surface area (Å²) in [5, 5.41) is 9.23. The minimum Gasteiger partial charge on any atom is -0.270 e. The average molecular weight is 458 g/mol. The molecule has 0 aliphatic heterocycles. The number of aromatic nitrogens is 5. The highest BCUT2D eigenvalue weighted by atomic mass is 32.2. The lowest BCUT2D eigenvalue weighted by atomic mass is 10.2. The number of halogens is 1. The van der Waals surface area contributed by atoms with Crippen LogP contribution in [0.1, 0.15) is 17.0 Å². The van der Waals surface area contributed by atoms with Crippen LogP contribution in [0.2, 0.25) is 0 Å². The molecule has 0 aliphatic rings. The fraction of sp³-hybridized carbons (Fsp3) is 0.120. The van der Waals surface area contributed by atoms with Gasteiger partial charge in [0, 0.05) is 23.2 Å². The normalized spacial score (nSPS) is 11.2.